The maximum absolute atomic E-state index is 5.52. The molecule has 0 amide bonds. The summed E-state index contributed by atoms with van der Waals surface area (Å²) in [4.78, 5) is 4.25. The van der Waals surface area contributed by atoms with Gasteiger partial charge in [-0.2, -0.15) is 0 Å². The lowest BCUT2D eigenvalue weighted by Crippen LogP contribution is -2.38. The quantitative estimate of drug-likeness (QED) is 0.544. The molecule has 0 saturated heterocycles. The molecule has 86 valence electrons. The normalized spacial score (nSPS) is 15.1. The smallest absolute Gasteiger partial charge is 0.0940 e. The molecule has 0 aromatic carbocycles. The lowest BCUT2D eigenvalue weighted by atomic mass is 10.0. The summed E-state index contributed by atoms with van der Waals surface area (Å²) in [5.74, 6) is 6.03. The fraction of sp³-hybridized carbons (Fsp3) is 0.700. The van der Waals surface area contributed by atoms with Crippen LogP contribution in [-0.4, -0.2) is 24.7 Å². The van der Waals surface area contributed by atoms with Crippen LogP contribution in [0.5, 0.6) is 0 Å². The number of nitrogens with zero attached hydrogens (tertiary/aromatic N) is 1. The highest BCUT2D eigenvalue weighted by Crippen LogP contribution is 2.12. The molecule has 1 rings (SSSR count). The van der Waals surface area contributed by atoms with Crippen molar-refractivity contribution >= 4 is 11.3 Å². The topological polar surface area (TPSA) is 60.2 Å². The molecule has 2 unspecified atom stereocenters. The number of hydrogen-bond acceptors (Lipinski definition) is 5. The summed E-state index contributed by atoms with van der Waals surface area (Å²) in [6.45, 7) is 2.94. The van der Waals surface area contributed by atoms with Gasteiger partial charge in [0.1, 0.15) is 0 Å². The van der Waals surface area contributed by atoms with Gasteiger partial charge < -0.3 is 4.74 Å². The van der Waals surface area contributed by atoms with Gasteiger partial charge >= 0.3 is 0 Å². The predicted molar refractivity (Wildman–Crippen MR) is 62.6 cm³/mol. The summed E-state index contributed by atoms with van der Waals surface area (Å²) in [5.41, 5.74) is 2.84. The van der Waals surface area contributed by atoms with Crippen LogP contribution in [0.2, 0.25) is 0 Å². The lowest BCUT2D eigenvalue weighted by molar-refractivity contribution is 0.149. The minimum Gasteiger partial charge on any atom is -0.384 e. The number of methoxy groups -OCH3 is 1. The molecule has 0 radical (unpaired) electrons. The van der Waals surface area contributed by atoms with Crippen molar-refractivity contribution in [3.63, 3.8) is 0 Å². The summed E-state index contributed by atoms with van der Waals surface area (Å²) in [6.07, 6.45) is 3.72. The van der Waals surface area contributed by atoms with E-state index in [1.807, 2.05) is 11.6 Å². The van der Waals surface area contributed by atoms with E-state index < -0.39 is 0 Å². The summed E-state index contributed by atoms with van der Waals surface area (Å²) in [5, 5.41) is 3.11. The molecule has 2 atom stereocenters. The number of hydrazine groups is 1. The van der Waals surface area contributed by atoms with Gasteiger partial charge in [-0.3, -0.25) is 11.3 Å². The van der Waals surface area contributed by atoms with E-state index in [1.165, 1.54) is 0 Å². The molecule has 1 heterocycles. The Bertz CT molecular complexity index is 253. The van der Waals surface area contributed by atoms with E-state index in [0.717, 1.165) is 24.5 Å². The van der Waals surface area contributed by atoms with Gasteiger partial charge in [0.2, 0.25) is 0 Å². The van der Waals surface area contributed by atoms with E-state index in [2.05, 4.69) is 17.3 Å². The van der Waals surface area contributed by atoms with Gasteiger partial charge in [-0.05, 0) is 12.3 Å². The van der Waals surface area contributed by atoms with Crippen LogP contribution >= 0.6 is 11.3 Å². The van der Waals surface area contributed by atoms with Crippen molar-refractivity contribution in [2.45, 2.75) is 25.8 Å². The second-order valence-electron chi connectivity index (χ2n) is 3.79. The van der Waals surface area contributed by atoms with Crippen LogP contribution in [0.1, 0.15) is 18.4 Å². The SMILES string of the molecule is COCC(C)CC(Cc1nccs1)NN. The summed E-state index contributed by atoms with van der Waals surface area (Å²) < 4.78 is 5.10. The molecule has 4 nitrogen and oxygen atoms in total. The number of nitrogens with two attached hydrogens (primary N) is 1. The Hall–Kier alpha value is -0.490. The molecule has 1 aromatic rings. The summed E-state index contributed by atoms with van der Waals surface area (Å²) in [7, 11) is 1.72. The number of hydrogen-bond donors (Lipinski definition) is 2. The fourth-order valence-electron chi connectivity index (χ4n) is 1.61. The second-order valence-corrected chi connectivity index (χ2v) is 4.77. The van der Waals surface area contributed by atoms with Gasteiger partial charge in [-0.15, -0.1) is 11.3 Å². The summed E-state index contributed by atoms with van der Waals surface area (Å²) in [6, 6.07) is 0.279. The average molecular weight is 229 g/mol. The molecular weight excluding hydrogens is 210 g/mol. The van der Waals surface area contributed by atoms with Crippen LogP contribution in [0.15, 0.2) is 11.6 Å². The molecule has 5 heteroatoms. The van der Waals surface area contributed by atoms with Gasteiger partial charge in [0, 0.05) is 37.8 Å². The molecular formula is C10H19N3OS. The Balaban J connectivity index is 2.35. The number of rotatable bonds is 7. The third kappa shape index (κ3) is 4.70. The van der Waals surface area contributed by atoms with Crippen LogP contribution in [0, 0.1) is 5.92 Å². The number of aromatic nitrogens is 1. The van der Waals surface area contributed by atoms with Crippen LogP contribution < -0.4 is 11.3 Å². The van der Waals surface area contributed by atoms with Gasteiger partial charge in [0.15, 0.2) is 0 Å². The molecule has 0 fully saturated rings. The van der Waals surface area contributed by atoms with Crippen molar-refractivity contribution in [2.75, 3.05) is 13.7 Å². The van der Waals surface area contributed by atoms with Gasteiger partial charge in [0.05, 0.1) is 5.01 Å². The Morgan fingerprint density at radius 3 is 3.00 bits per heavy atom. The Kier molecular flexibility index (Phi) is 5.78. The first-order chi connectivity index (χ1) is 7.26. The number of ether oxygens (including phenoxy) is 1. The van der Waals surface area contributed by atoms with E-state index in [4.69, 9.17) is 10.6 Å². The van der Waals surface area contributed by atoms with E-state index in [-0.39, 0.29) is 6.04 Å². The molecule has 3 N–H and O–H groups in total. The Morgan fingerprint density at radius 1 is 1.67 bits per heavy atom. The number of nitrogens with one attached hydrogen (secondary N) is 1. The third-order valence-electron chi connectivity index (χ3n) is 2.28. The van der Waals surface area contributed by atoms with Crippen LogP contribution in [0.25, 0.3) is 0 Å². The molecule has 0 bridgehead atoms. The molecule has 0 saturated carbocycles. The van der Waals surface area contributed by atoms with E-state index in [1.54, 1.807) is 18.4 Å². The van der Waals surface area contributed by atoms with E-state index in [0.29, 0.717) is 5.92 Å². The number of thiazole rings is 1. The third-order valence-corrected chi connectivity index (χ3v) is 3.08. The molecule has 15 heavy (non-hydrogen) atoms. The zero-order chi connectivity index (χ0) is 11.1. The van der Waals surface area contributed by atoms with Crippen molar-refractivity contribution < 1.29 is 4.74 Å². The van der Waals surface area contributed by atoms with Gasteiger partial charge in [-0.1, -0.05) is 6.92 Å². The molecule has 0 aliphatic rings. The van der Waals surface area contributed by atoms with Crippen LogP contribution in [-0.2, 0) is 11.2 Å². The largest absolute Gasteiger partial charge is 0.384 e. The standard InChI is InChI=1S/C10H19N3OS/c1-8(7-14-2)5-9(13-11)6-10-12-3-4-15-10/h3-4,8-9,13H,5-7,11H2,1-2H3. The molecule has 0 spiro atoms. The average Bonchev–Trinajstić information content (AvgIpc) is 2.70. The predicted octanol–water partition coefficient (Wildman–Crippen LogP) is 1.19. The Labute approximate surface area is 94.8 Å². The lowest BCUT2D eigenvalue weighted by Gasteiger charge is -2.18. The highest BCUT2D eigenvalue weighted by molar-refractivity contribution is 7.09. The first kappa shape index (κ1) is 12.6. The summed E-state index contributed by atoms with van der Waals surface area (Å²) >= 11 is 1.67. The molecule has 0 aliphatic carbocycles. The van der Waals surface area contributed by atoms with Crippen molar-refractivity contribution in [2.24, 2.45) is 11.8 Å². The van der Waals surface area contributed by atoms with Crippen LogP contribution in [0.4, 0.5) is 0 Å². The monoisotopic (exact) mass is 229 g/mol. The van der Waals surface area contributed by atoms with Crippen molar-refractivity contribution in [3.8, 4) is 0 Å². The van der Waals surface area contributed by atoms with E-state index >= 15 is 0 Å². The minimum atomic E-state index is 0.279. The zero-order valence-corrected chi connectivity index (χ0v) is 10.1. The molecule has 1 aromatic heterocycles. The van der Waals surface area contributed by atoms with Crippen molar-refractivity contribution in [1.82, 2.24) is 10.4 Å². The maximum Gasteiger partial charge on any atom is 0.0940 e. The fourth-order valence-corrected chi connectivity index (χ4v) is 2.31. The first-order valence-electron chi connectivity index (χ1n) is 5.09. The van der Waals surface area contributed by atoms with Gasteiger partial charge in [-0.25, -0.2) is 4.98 Å². The first-order valence-corrected chi connectivity index (χ1v) is 5.97. The second kappa shape index (κ2) is 6.90. The highest BCUT2D eigenvalue weighted by Gasteiger charge is 2.13. The Morgan fingerprint density at radius 2 is 2.47 bits per heavy atom. The maximum atomic E-state index is 5.52. The van der Waals surface area contributed by atoms with Gasteiger partial charge in [0.25, 0.3) is 0 Å². The van der Waals surface area contributed by atoms with Crippen LogP contribution in [0.3, 0.4) is 0 Å². The zero-order valence-electron chi connectivity index (χ0n) is 9.27. The highest BCUT2D eigenvalue weighted by atomic mass is 32.1. The van der Waals surface area contributed by atoms with Crippen molar-refractivity contribution in [3.05, 3.63) is 16.6 Å². The van der Waals surface area contributed by atoms with Crippen molar-refractivity contribution in [1.29, 1.82) is 0 Å². The molecule has 0 aliphatic heterocycles. The minimum absolute atomic E-state index is 0.279. The van der Waals surface area contributed by atoms with E-state index in [9.17, 15) is 0 Å².